The van der Waals surface area contributed by atoms with Crippen LogP contribution >= 0.6 is 11.8 Å². The fraction of sp³-hybridized carbons (Fsp3) is 0.600. The molecule has 1 aliphatic carbocycles. The first-order chi connectivity index (χ1) is 9.74. The fourth-order valence-electron chi connectivity index (χ4n) is 2.63. The molecule has 5 heteroatoms. The Labute approximate surface area is 125 Å². The predicted octanol–water partition coefficient (Wildman–Crippen LogP) is 2.92. The van der Waals surface area contributed by atoms with Gasteiger partial charge in [-0.25, -0.2) is 0 Å². The Morgan fingerprint density at radius 1 is 1.40 bits per heavy atom. The van der Waals surface area contributed by atoms with E-state index in [2.05, 4.69) is 21.9 Å². The van der Waals surface area contributed by atoms with Crippen LogP contribution in [0.5, 0.6) is 0 Å². The largest absolute Gasteiger partial charge is 0.385 e. The number of thioether (sulfide) groups is 1. The Kier molecular flexibility index (Phi) is 5.71. The number of carbonyl (C=O) groups is 1. The average molecular weight is 293 g/mol. The van der Waals surface area contributed by atoms with E-state index in [1.54, 1.807) is 12.4 Å². The molecule has 0 atom stereocenters. The van der Waals surface area contributed by atoms with Gasteiger partial charge >= 0.3 is 0 Å². The minimum Gasteiger partial charge on any atom is -0.385 e. The standard InChI is InChI=1S/C15H23N3OS/c1-3-17-14-8-9-16-10-13(14)15(19)18-11-4-6-12(20-2)7-5-11/h8-12H,3-7H2,1-2H3,(H,16,17)(H,18,19). The van der Waals surface area contributed by atoms with Gasteiger partial charge in [-0.2, -0.15) is 11.8 Å². The number of nitrogens with one attached hydrogen (secondary N) is 2. The number of anilines is 1. The second-order valence-corrected chi connectivity index (χ2v) is 6.27. The van der Waals surface area contributed by atoms with Crippen LogP contribution in [0.4, 0.5) is 5.69 Å². The molecular weight excluding hydrogens is 270 g/mol. The highest BCUT2D eigenvalue weighted by atomic mass is 32.2. The molecule has 0 radical (unpaired) electrons. The van der Waals surface area contributed by atoms with Gasteiger partial charge in [0, 0.05) is 30.2 Å². The predicted molar refractivity (Wildman–Crippen MR) is 85.4 cm³/mol. The Hall–Kier alpha value is -1.23. The molecule has 1 amide bonds. The van der Waals surface area contributed by atoms with Gasteiger partial charge < -0.3 is 10.6 Å². The van der Waals surface area contributed by atoms with Crippen LogP contribution in [-0.2, 0) is 0 Å². The lowest BCUT2D eigenvalue weighted by atomic mass is 9.94. The number of rotatable bonds is 5. The number of nitrogens with zero attached hydrogens (tertiary/aromatic N) is 1. The lowest BCUT2D eigenvalue weighted by Crippen LogP contribution is -2.38. The summed E-state index contributed by atoms with van der Waals surface area (Å²) < 4.78 is 0. The third-order valence-electron chi connectivity index (χ3n) is 3.78. The number of pyridine rings is 1. The van der Waals surface area contributed by atoms with Crippen molar-refractivity contribution >= 4 is 23.4 Å². The summed E-state index contributed by atoms with van der Waals surface area (Å²) in [5, 5.41) is 7.12. The minimum atomic E-state index is -0.0124. The molecule has 110 valence electrons. The monoisotopic (exact) mass is 293 g/mol. The van der Waals surface area contributed by atoms with Gasteiger partial charge in [0.2, 0.25) is 0 Å². The van der Waals surface area contributed by atoms with Crippen molar-refractivity contribution in [3.8, 4) is 0 Å². The molecule has 1 fully saturated rings. The molecule has 0 aliphatic heterocycles. The van der Waals surface area contributed by atoms with Crippen molar-refractivity contribution in [3.63, 3.8) is 0 Å². The van der Waals surface area contributed by atoms with Crippen LogP contribution in [0, 0.1) is 0 Å². The average Bonchev–Trinajstić information content (AvgIpc) is 2.49. The molecule has 0 spiro atoms. The van der Waals surface area contributed by atoms with Crippen molar-refractivity contribution in [1.29, 1.82) is 0 Å². The van der Waals surface area contributed by atoms with E-state index in [9.17, 15) is 4.79 Å². The van der Waals surface area contributed by atoms with Crippen LogP contribution in [0.25, 0.3) is 0 Å². The van der Waals surface area contributed by atoms with Crippen molar-refractivity contribution < 1.29 is 4.79 Å². The van der Waals surface area contributed by atoms with Crippen LogP contribution in [0.15, 0.2) is 18.5 Å². The van der Waals surface area contributed by atoms with Crippen molar-refractivity contribution in [2.45, 2.75) is 43.9 Å². The Bertz CT molecular complexity index is 444. The molecule has 0 unspecified atom stereocenters. The molecule has 4 nitrogen and oxygen atoms in total. The van der Waals surface area contributed by atoms with Gasteiger partial charge in [0.1, 0.15) is 0 Å². The number of hydrogen-bond acceptors (Lipinski definition) is 4. The molecule has 0 aromatic carbocycles. The number of aromatic nitrogens is 1. The maximum atomic E-state index is 12.4. The van der Waals surface area contributed by atoms with Gasteiger partial charge in [0.25, 0.3) is 5.91 Å². The molecule has 20 heavy (non-hydrogen) atoms. The second-order valence-electron chi connectivity index (χ2n) is 5.13. The molecule has 1 aromatic rings. The molecule has 2 rings (SSSR count). The van der Waals surface area contributed by atoms with Crippen molar-refractivity contribution in [2.75, 3.05) is 18.1 Å². The normalized spacial score (nSPS) is 22.3. The van der Waals surface area contributed by atoms with Gasteiger partial charge in [-0.15, -0.1) is 0 Å². The summed E-state index contributed by atoms with van der Waals surface area (Å²) in [5.74, 6) is -0.0124. The van der Waals surface area contributed by atoms with E-state index < -0.39 is 0 Å². The molecular formula is C15H23N3OS. The van der Waals surface area contributed by atoms with Crippen LogP contribution in [0.2, 0.25) is 0 Å². The summed E-state index contributed by atoms with van der Waals surface area (Å²) in [6, 6.07) is 2.16. The summed E-state index contributed by atoms with van der Waals surface area (Å²) in [7, 11) is 0. The third kappa shape index (κ3) is 3.88. The molecule has 0 bridgehead atoms. The van der Waals surface area contributed by atoms with E-state index >= 15 is 0 Å². The van der Waals surface area contributed by atoms with Crippen molar-refractivity contribution in [1.82, 2.24) is 10.3 Å². The molecule has 1 aliphatic rings. The number of carbonyl (C=O) groups excluding carboxylic acids is 1. The van der Waals surface area contributed by atoms with E-state index in [4.69, 9.17) is 0 Å². The van der Waals surface area contributed by atoms with Crippen LogP contribution < -0.4 is 10.6 Å². The summed E-state index contributed by atoms with van der Waals surface area (Å²) >= 11 is 1.94. The van der Waals surface area contributed by atoms with E-state index in [-0.39, 0.29) is 5.91 Å². The quantitative estimate of drug-likeness (QED) is 0.876. The highest BCUT2D eigenvalue weighted by Crippen LogP contribution is 2.27. The summed E-state index contributed by atoms with van der Waals surface area (Å²) in [6.07, 6.45) is 10.1. The number of amides is 1. The van der Waals surface area contributed by atoms with Gasteiger partial charge in [-0.3, -0.25) is 9.78 Å². The summed E-state index contributed by atoms with van der Waals surface area (Å²) in [4.78, 5) is 16.4. The van der Waals surface area contributed by atoms with E-state index in [0.29, 0.717) is 11.6 Å². The minimum absolute atomic E-state index is 0.0124. The zero-order chi connectivity index (χ0) is 14.4. The van der Waals surface area contributed by atoms with Gasteiger partial charge in [-0.1, -0.05) is 0 Å². The molecule has 2 N–H and O–H groups in total. The molecule has 1 saturated carbocycles. The Balaban J connectivity index is 1.95. The maximum Gasteiger partial charge on any atom is 0.255 e. The first-order valence-corrected chi connectivity index (χ1v) is 8.55. The Morgan fingerprint density at radius 3 is 2.80 bits per heavy atom. The lowest BCUT2D eigenvalue weighted by molar-refractivity contribution is 0.0928. The van der Waals surface area contributed by atoms with E-state index in [1.165, 1.54) is 12.8 Å². The SMILES string of the molecule is CCNc1ccncc1C(=O)NC1CCC(SC)CC1. The maximum absolute atomic E-state index is 12.4. The van der Waals surface area contributed by atoms with E-state index in [0.717, 1.165) is 30.3 Å². The number of hydrogen-bond donors (Lipinski definition) is 2. The Morgan fingerprint density at radius 2 is 2.15 bits per heavy atom. The van der Waals surface area contributed by atoms with Gasteiger partial charge in [0.15, 0.2) is 0 Å². The lowest BCUT2D eigenvalue weighted by Gasteiger charge is -2.28. The highest BCUT2D eigenvalue weighted by molar-refractivity contribution is 7.99. The summed E-state index contributed by atoms with van der Waals surface area (Å²) in [5.41, 5.74) is 1.50. The smallest absolute Gasteiger partial charge is 0.255 e. The highest BCUT2D eigenvalue weighted by Gasteiger charge is 2.22. The zero-order valence-electron chi connectivity index (χ0n) is 12.2. The second kappa shape index (κ2) is 7.53. The zero-order valence-corrected chi connectivity index (χ0v) is 13.0. The first kappa shape index (κ1) is 15.2. The summed E-state index contributed by atoms with van der Waals surface area (Å²) in [6.45, 7) is 2.81. The van der Waals surface area contributed by atoms with Crippen molar-refractivity contribution in [2.24, 2.45) is 0 Å². The molecule has 0 saturated heterocycles. The van der Waals surface area contributed by atoms with Crippen LogP contribution in [0.1, 0.15) is 43.0 Å². The van der Waals surface area contributed by atoms with E-state index in [1.807, 2.05) is 24.8 Å². The van der Waals surface area contributed by atoms with Crippen molar-refractivity contribution in [3.05, 3.63) is 24.0 Å². The third-order valence-corrected chi connectivity index (χ3v) is 4.91. The molecule has 1 heterocycles. The fourth-order valence-corrected chi connectivity index (χ4v) is 3.37. The molecule has 1 aromatic heterocycles. The van der Waals surface area contributed by atoms with Crippen LogP contribution in [0.3, 0.4) is 0 Å². The first-order valence-electron chi connectivity index (χ1n) is 7.26. The topological polar surface area (TPSA) is 54.0 Å². The van der Waals surface area contributed by atoms with Gasteiger partial charge in [-0.05, 0) is 44.9 Å². The van der Waals surface area contributed by atoms with Gasteiger partial charge in [0.05, 0.1) is 11.3 Å². The van der Waals surface area contributed by atoms with Crippen LogP contribution in [-0.4, -0.2) is 35.0 Å².